The summed E-state index contributed by atoms with van der Waals surface area (Å²) < 4.78 is 0. The van der Waals surface area contributed by atoms with Crippen LogP contribution in [0.25, 0.3) is 0 Å². The summed E-state index contributed by atoms with van der Waals surface area (Å²) in [5.41, 5.74) is 5.86. The van der Waals surface area contributed by atoms with Gasteiger partial charge in [-0.2, -0.15) is 5.48 Å². The van der Waals surface area contributed by atoms with Crippen LogP contribution in [0.15, 0.2) is 24.3 Å². The normalized spacial score (nSPS) is 33.1. The van der Waals surface area contributed by atoms with E-state index in [4.69, 9.17) is 4.84 Å². The van der Waals surface area contributed by atoms with Crippen molar-refractivity contribution in [2.75, 3.05) is 19.6 Å². The molecule has 1 aromatic rings. The summed E-state index contributed by atoms with van der Waals surface area (Å²) in [6, 6.07) is 9.36. The Hall–Kier alpha value is -0.980. The predicted molar refractivity (Wildman–Crippen MR) is 109 cm³/mol. The van der Waals surface area contributed by atoms with E-state index in [9.17, 15) is 0 Å². The molecule has 27 heavy (non-hydrogen) atoms. The highest BCUT2D eigenvalue weighted by molar-refractivity contribution is 5.25. The number of rotatable bonds is 5. The molecule has 5 heteroatoms. The summed E-state index contributed by atoms with van der Waals surface area (Å²) in [7, 11) is 0. The molecule has 4 N–H and O–H groups in total. The Morgan fingerprint density at radius 1 is 1.07 bits per heavy atom. The van der Waals surface area contributed by atoms with E-state index in [1.807, 2.05) is 0 Å². The molecule has 150 valence electrons. The fraction of sp³-hybridized carbons (Fsp3) is 0.727. The van der Waals surface area contributed by atoms with E-state index in [1.54, 1.807) is 0 Å². The fourth-order valence-electron chi connectivity index (χ4n) is 5.01. The first-order valence-electron chi connectivity index (χ1n) is 11.0. The van der Waals surface area contributed by atoms with Gasteiger partial charge in [0.25, 0.3) is 0 Å². The minimum absolute atomic E-state index is 0.0392. The first-order valence-corrected chi connectivity index (χ1v) is 11.0. The van der Waals surface area contributed by atoms with Crippen LogP contribution in [0.3, 0.4) is 0 Å². The Morgan fingerprint density at radius 2 is 1.85 bits per heavy atom. The number of hydrogen-bond acceptors (Lipinski definition) is 5. The number of piperazine rings is 1. The van der Waals surface area contributed by atoms with Crippen molar-refractivity contribution in [1.29, 1.82) is 0 Å². The predicted octanol–water partition coefficient (Wildman–Crippen LogP) is 2.99. The van der Waals surface area contributed by atoms with Gasteiger partial charge in [-0.1, -0.05) is 49.9 Å². The minimum Gasteiger partial charge on any atom is -0.312 e. The van der Waals surface area contributed by atoms with Crippen molar-refractivity contribution in [2.45, 2.75) is 76.2 Å². The van der Waals surface area contributed by atoms with Gasteiger partial charge < -0.3 is 5.32 Å². The van der Waals surface area contributed by atoms with Crippen LogP contribution >= 0.6 is 0 Å². The van der Waals surface area contributed by atoms with Crippen LogP contribution in [0.5, 0.6) is 0 Å². The van der Waals surface area contributed by atoms with Crippen LogP contribution in [0.4, 0.5) is 0 Å². The molecule has 3 aliphatic rings. The number of hydroxylamine groups is 1. The lowest BCUT2D eigenvalue weighted by Gasteiger charge is -2.45. The lowest BCUT2D eigenvalue weighted by molar-refractivity contribution is 0.0364. The largest absolute Gasteiger partial charge is 0.312 e. The van der Waals surface area contributed by atoms with Crippen LogP contribution in [-0.4, -0.2) is 31.4 Å². The third-order valence-electron chi connectivity index (χ3n) is 6.67. The van der Waals surface area contributed by atoms with Gasteiger partial charge in [0.2, 0.25) is 0 Å². The summed E-state index contributed by atoms with van der Waals surface area (Å²) >= 11 is 0. The molecule has 0 bridgehead atoms. The number of hydrogen-bond donors (Lipinski definition) is 4. The standard InChI is InChI=1S/C22H36N4O/c1-17-14-21(26-27-17)19-10-8-18(9-11-19)15-25-22(16-23-12-13-24-22)20-6-4-2-3-5-7-20/h8-11,17,20-21,23-26H,2-7,12-16H2,1H3. The zero-order valence-electron chi connectivity index (χ0n) is 16.7. The van der Waals surface area contributed by atoms with E-state index in [2.05, 4.69) is 52.6 Å². The second kappa shape index (κ2) is 9.01. The lowest BCUT2D eigenvalue weighted by atomic mass is 9.84. The lowest BCUT2D eigenvalue weighted by Crippen LogP contribution is -2.70. The fourth-order valence-corrected chi connectivity index (χ4v) is 5.01. The molecular formula is C22H36N4O. The quantitative estimate of drug-likeness (QED) is 0.599. The molecule has 2 aliphatic heterocycles. The molecule has 0 spiro atoms. The van der Waals surface area contributed by atoms with Gasteiger partial charge in [-0.25, -0.2) is 0 Å². The molecule has 3 fully saturated rings. The summed E-state index contributed by atoms with van der Waals surface area (Å²) in [6.45, 7) is 6.17. The van der Waals surface area contributed by atoms with Crippen molar-refractivity contribution < 1.29 is 4.84 Å². The average molecular weight is 373 g/mol. The summed E-state index contributed by atoms with van der Waals surface area (Å²) in [4.78, 5) is 5.49. The third-order valence-corrected chi connectivity index (χ3v) is 6.67. The van der Waals surface area contributed by atoms with Crippen LogP contribution in [-0.2, 0) is 11.4 Å². The van der Waals surface area contributed by atoms with Gasteiger partial charge in [0.15, 0.2) is 0 Å². The molecule has 0 amide bonds. The van der Waals surface area contributed by atoms with Crippen LogP contribution in [0.2, 0.25) is 0 Å². The molecule has 5 nitrogen and oxygen atoms in total. The van der Waals surface area contributed by atoms with E-state index in [1.165, 1.54) is 49.7 Å². The summed E-state index contributed by atoms with van der Waals surface area (Å²) in [6.07, 6.45) is 9.56. The minimum atomic E-state index is 0.0392. The highest BCUT2D eigenvalue weighted by atomic mass is 16.7. The highest BCUT2D eigenvalue weighted by Crippen LogP contribution is 2.31. The molecule has 0 aromatic heterocycles. The maximum atomic E-state index is 5.49. The maximum absolute atomic E-state index is 5.49. The van der Waals surface area contributed by atoms with Gasteiger partial charge in [0.1, 0.15) is 0 Å². The molecule has 1 aliphatic carbocycles. The van der Waals surface area contributed by atoms with E-state index < -0.39 is 0 Å². The van der Waals surface area contributed by atoms with Crippen molar-refractivity contribution in [1.82, 2.24) is 21.4 Å². The van der Waals surface area contributed by atoms with E-state index in [0.717, 1.165) is 32.6 Å². The van der Waals surface area contributed by atoms with Gasteiger partial charge in [-0.05, 0) is 43.2 Å². The highest BCUT2D eigenvalue weighted by Gasteiger charge is 2.39. The van der Waals surface area contributed by atoms with Crippen molar-refractivity contribution in [3.05, 3.63) is 35.4 Å². The number of nitrogens with one attached hydrogen (secondary N) is 4. The van der Waals surface area contributed by atoms with Crippen LogP contribution in [0.1, 0.15) is 69.0 Å². The van der Waals surface area contributed by atoms with Gasteiger partial charge in [-0.3, -0.25) is 15.5 Å². The molecule has 4 rings (SSSR count). The summed E-state index contributed by atoms with van der Waals surface area (Å²) in [5.74, 6) is 0.716. The van der Waals surface area contributed by atoms with Crippen LogP contribution < -0.4 is 21.4 Å². The molecule has 1 saturated carbocycles. The molecule has 0 radical (unpaired) electrons. The van der Waals surface area contributed by atoms with Crippen molar-refractivity contribution in [3.63, 3.8) is 0 Å². The first-order chi connectivity index (χ1) is 13.3. The molecule has 2 saturated heterocycles. The Morgan fingerprint density at radius 3 is 2.48 bits per heavy atom. The Labute approximate surface area is 164 Å². The smallest absolute Gasteiger partial charge is 0.0847 e. The Bertz CT molecular complexity index is 576. The average Bonchev–Trinajstić information content (AvgIpc) is 2.96. The first kappa shape index (κ1) is 19.3. The number of benzene rings is 1. The summed E-state index contributed by atoms with van der Waals surface area (Å²) in [5, 5.41) is 11.4. The molecule has 1 aromatic carbocycles. The third kappa shape index (κ3) is 4.72. The molecular weight excluding hydrogens is 336 g/mol. The van der Waals surface area contributed by atoms with Gasteiger partial charge in [-0.15, -0.1) is 0 Å². The topological polar surface area (TPSA) is 57.3 Å². The van der Waals surface area contributed by atoms with Gasteiger partial charge in [0, 0.05) is 26.2 Å². The molecule has 2 heterocycles. The van der Waals surface area contributed by atoms with Gasteiger partial charge >= 0.3 is 0 Å². The van der Waals surface area contributed by atoms with Gasteiger partial charge in [0.05, 0.1) is 17.8 Å². The maximum Gasteiger partial charge on any atom is 0.0847 e. The van der Waals surface area contributed by atoms with Crippen molar-refractivity contribution >= 4 is 0 Å². The molecule has 3 unspecified atom stereocenters. The van der Waals surface area contributed by atoms with Crippen molar-refractivity contribution in [3.8, 4) is 0 Å². The second-order valence-electron chi connectivity index (χ2n) is 8.69. The Kier molecular flexibility index (Phi) is 6.46. The van der Waals surface area contributed by atoms with E-state index >= 15 is 0 Å². The van der Waals surface area contributed by atoms with Crippen molar-refractivity contribution in [2.24, 2.45) is 5.92 Å². The Balaban J connectivity index is 1.40. The molecule has 3 atom stereocenters. The second-order valence-corrected chi connectivity index (χ2v) is 8.69. The zero-order valence-corrected chi connectivity index (χ0v) is 16.7. The van der Waals surface area contributed by atoms with E-state index in [0.29, 0.717) is 18.1 Å². The zero-order chi connectivity index (χ0) is 18.5. The SMILES string of the molecule is CC1CC(c2ccc(CNC3(C4CCCCCC4)CNCCN3)cc2)NO1. The van der Waals surface area contributed by atoms with Crippen LogP contribution in [0, 0.1) is 5.92 Å². The monoisotopic (exact) mass is 372 g/mol. The van der Waals surface area contributed by atoms with E-state index in [-0.39, 0.29) is 5.66 Å².